The monoisotopic (exact) mass is 382 g/mol. The Morgan fingerprint density at radius 1 is 1.14 bits per heavy atom. The number of nitrogens with zero attached hydrogens (tertiary/aromatic N) is 3. The van der Waals surface area contributed by atoms with Crippen molar-refractivity contribution >= 4 is 17.8 Å². The van der Waals surface area contributed by atoms with Gasteiger partial charge in [-0.15, -0.1) is 0 Å². The van der Waals surface area contributed by atoms with Crippen LogP contribution in [0.5, 0.6) is 0 Å². The molecule has 3 N–H and O–H groups in total. The largest absolute Gasteiger partial charge is 0.465 e. The molecule has 0 aliphatic carbocycles. The Morgan fingerprint density at radius 2 is 1.86 bits per heavy atom. The number of aromatic nitrogens is 1. The molecule has 0 radical (unpaired) electrons. The maximum Gasteiger partial charge on any atom is 0.407 e. The van der Waals surface area contributed by atoms with E-state index < -0.39 is 12.0 Å². The first-order valence-electron chi connectivity index (χ1n) is 9.56. The van der Waals surface area contributed by atoms with Gasteiger partial charge in [0.05, 0.1) is 0 Å². The van der Waals surface area contributed by atoms with Crippen molar-refractivity contribution in [2.75, 3.05) is 31.1 Å². The van der Waals surface area contributed by atoms with Crippen molar-refractivity contribution in [1.29, 1.82) is 0 Å². The molecule has 148 valence electrons. The van der Waals surface area contributed by atoms with Crippen molar-refractivity contribution in [3.63, 3.8) is 0 Å². The third kappa shape index (κ3) is 5.00. The number of nitrogens with two attached hydrogens (primary N) is 1. The number of carboxylic acid groups (broad SMARTS) is 1. The minimum absolute atomic E-state index is 0.247. The molecule has 1 aromatic carbocycles. The van der Waals surface area contributed by atoms with Gasteiger partial charge in [-0.05, 0) is 42.9 Å². The predicted molar refractivity (Wildman–Crippen MR) is 108 cm³/mol. The molecule has 0 bridgehead atoms. The van der Waals surface area contributed by atoms with Crippen molar-refractivity contribution < 1.29 is 14.7 Å². The first-order chi connectivity index (χ1) is 13.5. The zero-order chi connectivity index (χ0) is 19.9. The van der Waals surface area contributed by atoms with E-state index in [0.29, 0.717) is 12.5 Å². The Kier molecular flexibility index (Phi) is 6.47. The fraction of sp³-hybridized carbons (Fsp3) is 0.381. The van der Waals surface area contributed by atoms with E-state index in [9.17, 15) is 14.7 Å². The van der Waals surface area contributed by atoms with Crippen LogP contribution in [0, 0.1) is 5.92 Å². The topological polar surface area (TPSA) is 99.8 Å². The normalized spacial score (nSPS) is 14.6. The number of benzene rings is 1. The van der Waals surface area contributed by atoms with Gasteiger partial charge in [-0.3, -0.25) is 9.69 Å². The van der Waals surface area contributed by atoms with Gasteiger partial charge in [-0.2, -0.15) is 0 Å². The third-order valence-corrected chi connectivity index (χ3v) is 5.21. The van der Waals surface area contributed by atoms with Gasteiger partial charge < -0.3 is 15.7 Å². The molecule has 7 nitrogen and oxygen atoms in total. The van der Waals surface area contributed by atoms with E-state index in [2.05, 4.69) is 28.1 Å². The summed E-state index contributed by atoms with van der Waals surface area (Å²) in [6.45, 7) is 1.85. The summed E-state index contributed by atoms with van der Waals surface area (Å²) in [6, 6.07) is 14.3. The van der Waals surface area contributed by atoms with Gasteiger partial charge in [0.1, 0.15) is 12.4 Å². The van der Waals surface area contributed by atoms with Crippen LogP contribution in [-0.2, 0) is 4.79 Å². The van der Waals surface area contributed by atoms with Crippen LogP contribution >= 0.6 is 0 Å². The van der Waals surface area contributed by atoms with Crippen LogP contribution in [0.15, 0.2) is 48.7 Å². The van der Waals surface area contributed by atoms with Gasteiger partial charge in [-0.25, -0.2) is 9.78 Å². The number of piperidine rings is 1. The summed E-state index contributed by atoms with van der Waals surface area (Å²) in [7, 11) is 0. The number of carbonyl (C=O) groups is 2. The maximum absolute atomic E-state index is 11.2. The molecular formula is C21H26N4O3. The SMILES string of the molecule is NC(=O)CN(CCC1CCN(c2ncccc2-c2ccccc2)CC1)C(=O)O. The summed E-state index contributed by atoms with van der Waals surface area (Å²) in [4.78, 5) is 30.3. The van der Waals surface area contributed by atoms with E-state index in [1.807, 2.05) is 30.5 Å². The minimum Gasteiger partial charge on any atom is -0.465 e. The van der Waals surface area contributed by atoms with Gasteiger partial charge in [0.2, 0.25) is 5.91 Å². The Bertz CT molecular complexity index is 804. The summed E-state index contributed by atoms with van der Waals surface area (Å²) in [5.41, 5.74) is 7.40. The van der Waals surface area contributed by atoms with E-state index >= 15 is 0 Å². The number of amides is 2. The third-order valence-electron chi connectivity index (χ3n) is 5.21. The van der Waals surface area contributed by atoms with E-state index in [1.54, 1.807) is 0 Å². The fourth-order valence-electron chi connectivity index (χ4n) is 3.69. The van der Waals surface area contributed by atoms with Gasteiger partial charge >= 0.3 is 6.09 Å². The number of carbonyl (C=O) groups excluding carboxylic acids is 1. The average molecular weight is 382 g/mol. The van der Waals surface area contributed by atoms with Gasteiger partial charge in [0.25, 0.3) is 0 Å². The molecule has 2 amide bonds. The second-order valence-corrected chi connectivity index (χ2v) is 7.13. The van der Waals surface area contributed by atoms with Crippen molar-refractivity contribution in [1.82, 2.24) is 9.88 Å². The van der Waals surface area contributed by atoms with Gasteiger partial charge in [-0.1, -0.05) is 30.3 Å². The lowest BCUT2D eigenvalue weighted by Gasteiger charge is -2.34. The fourth-order valence-corrected chi connectivity index (χ4v) is 3.69. The first-order valence-corrected chi connectivity index (χ1v) is 9.56. The molecule has 3 rings (SSSR count). The zero-order valence-electron chi connectivity index (χ0n) is 15.8. The van der Waals surface area contributed by atoms with E-state index in [0.717, 1.165) is 54.2 Å². The number of hydrogen-bond donors (Lipinski definition) is 2. The van der Waals surface area contributed by atoms with E-state index in [1.165, 1.54) is 0 Å². The van der Waals surface area contributed by atoms with Crippen LogP contribution in [0.1, 0.15) is 19.3 Å². The van der Waals surface area contributed by atoms with Crippen LogP contribution in [0.25, 0.3) is 11.1 Å². The molecule has 0 saturated carbocycles. The molecule has 2 aromatic rings. The minimum atomic E-state index is -1.10. The van der Waals surface area contributed by atoms with Crippen LogP contribution in [0.2, 0.25) is 0 Å². The number of anilines is 1. The number of rotatable bonds is 7. The lowest BCUT2D eigenvalue weighted by atomic mass is 9.93. The van der Waals surface area contributed by atoms with E-state index in [4.69, 9.17) is 5.73 Å². The molecule has 1 aliphatic rings. The molecule has 0 atom stereocenters. The molecule has 0 spiro atoms. The number of primary amides is 1. The van der Waals surface area contributed by atoms with E-state index in [-0.39, 0.29) is 6.54 Å². The lowest BCUT2D eigenvalue weighted by molar-refractivity contribution is -0.118. The number of hydrogen-bond acceptors (Lipinski definition) is 4. The summed E-state index contributed by atoms with van der Waals surface area (Å²) >= 11 is 0. The maximum atomic E-state index is 11.2. The van der Waals surface area contributed by atoms with Crippen LogP contribution in [0.4, 0.5) is 10.6 Å². The molecule has 7 heteroatoms. The average Bonchev–Trinajstić information content (AvgIpc) is 2.72. The van der Waals surface area contributed by atoms with Gasteiger partial charge in [0, 0.05) is 31.4 Å². The van der Waals surface area contributed by atoms with Crippen LogP contribution in [-0.4, -0.2) is 53.2 Å². The molecule has 1 aromatic heterocycles. The lowest BCUT2D eigenvalue weighted by Crippen LogP contribution is -2.40. The Morgan fingerprint density at radius 3 is 2.50 bits per heavy atom. The predicted octanol–water partition coefficient (Wildman–Crippen LogP) is 2.82. The van der Waals surface area contributed by atoms with Gasteiger partial charge in [0.15, 0.2) is 0 Å². The molecule has 1 fully saturated rings. The Hall–Kier alpha value is -3.09. The summed E-state index contributed by atoms with van der Waals surface area (Å²) in [5.74, 6) is 0.795. The Balaban J connectivity index is 1.59. The second kappa shape index (κ2) is 9.21. The quantitative estimate of drug-likeness (QED) is 0.767. The smallest absolute Gasteiger partial charge is 0.407 e. The molecule has 2 heterocycles. The summed E-state index contributed by atoms with van der Waals surface area (Å²) < 4.78 is 0. The highest BCUT2D eigenvalue weighted by Crippen LogP contribution is 2.32. The number of pyridine rings is 1. The van der Waals surface area contributed by atoms with Crippen LogP contribution in [0.3, 0.4) is 0 Å². The highest BCUT2D eigenvalue weighted by atomic mass is 16.4. The molecule has 1 aliphatic heterocycles. The summed E-state index contributed by atoms with van der Waals surface area (Å²) in [6.07, 6.45) is 3.39. The highest BCUT2D eigenvalue weighted by Gasteiger charge is 2.24. The molecular weight excluding hydrogens is 356 g/mol. The standard InChI is InChI=1S/C21H26N4O3/c22-19(26)15-25(21(27)28)14-10-16-8-12-24(13-9-16)20-18(7-4-11-23-20)17-5-2-1-3-6-17/h1-7,11,16H,8-10,12-15H2,(H2,22,26)(H,27,28). The zero-order valence-corrected chi connectivity index (χ0v) is 15.8. The first kappa shape index (κ1) is 19.7. The van der Waals surface area contributed by atoms with Crippen molar-refractivity contribution in [2.45, 2.75) is 19.3 Å². The molecule has 1 saturated heterocycles. The molecule has 28 heavy (non-hydrogen) atoms. The molecule has 0 unspecified atom stereocenters. The summed E-state index contributed by atoms with van der Waals surface area (Å²) in [5, 5.41) is 9.18. The Labute approximate surface area is 164 Å². The second-order valence-electron chi connectivity index (χ2n) is 7.13. The van der Waals surface area contributed by atoms with Crippen molar-refractivity contribution in [3.05, 3.63) is 48.7 Å². The van der Waals surface area contributed by atoms with Crippen molar-refractivity contribution in [3.8, 4) is 11.1 Å². The highest BCUT2D eigenvalue weighted by molar-refractivity contribution is 5.80. The van der Waals surface area contributed by atoms with Crippen molar-refractivity contribution in [2.24, 2.45) is 11.7 Å². The van der Waals surface area contributed by atoms with Crippen LogP contribution < -0.4 is 10.6 Å².